The molecule has 1 fully saturated rings. The van der Waals surface area contributed by atoms with Crippen LogP contribution in [0.15, 0.2) is 36.8 Å². The van der Waals surface area contributed by atoms with Gasteiger partial charge in [0.1, 0.15) is 11.5 Å². The zero-order chi connectivity index (χ0) is 19.1. The Balaban J connectivity index is 1.42. The molecule has 0 atom stereocenters. The molecule has 0 bridgehead atoms. The topological polar surface area (TPSA) is 78.3 Å². The van der Waals surface area contributed by atoms with Crippen LogP contribution >= 0.6 is 0 Å². The number of aromatic nitrogens is 3. The number of piperazine rings is 1. The number of rotatable bonds is 2. The fourth-order valence-corrected chi connectivity index (χ4v) is 4.13. The zero-order valence-electron chi connectivity index (χ0n) is 15.9. The highest BCUT2D eigenvalue weighted by Crippen LogP contribution is 2.34. The third kappa shape index (κ3) is 2.77. The third-order valence-corrected chi connectivity index (χ3v) is 5.56. The van der Waals surface area contributed by atoms with Gasteiger partial charge in [0.2, 0.25) is 0 Å². The SMILES string of the molecule is Cn1ccc2c(NC(=O)N3CCc4c(N5CCNCC5)ccnc43)ccnc21. The number of nitrogens with one attached hydrogen (secondary N) is 2. The monoisotopic (exact) mass is 377 g/mol. The summed E-state index contributed by atoms with van der Waals surface area (Å²) in [7, 11) is 1.94. The molecule has 0 unspecified atom stereocenters. The number of carbonyl (C=O) groups excluding carboxylic acids is 1. The van der Waals surface area contributed by atoms with Crippen LogP contribution in [0.5, 0.6) is 0 Å². The summed E-state index contributed by atoms with van der Waals surface area (Å²) in [5.41, 5.74) is 3.98. The second kappa shape index (κ2) is 6.79. The van der Waals surface area contributed by atoms with Crippen LogP contribution in [0.1, 0.15) is 5.56 Å². The zero-order valence-corrected chi connectivity index (χ0v) is 15.9. The molecule has 0 saturated carbocycles. The van der Waals surface area contributed by atoms with Gasteiger partial charge in [0.05, 0.1) is 5.69 Å². The molecule has 0 aliphatic carbocycles. The smallest absolute Gasteiger partial charge is 0.327 e. The lowest BCUT2D eigenvalue weighted by atomic mass is 10.1. The quantitative estimate of drug-likeness (QED) is 0.714. The van der Waals surface area contributed by atoms with Gasteiger partial charge in [0.25, 0.3) is 0 Å². The summed E-state index contributed by atoms with van der Waals surface area (Å²) in [6.07, 6.45) is 6.30. The van der Waals surface area contributed by atoms with Gasteiger partial charge in [-0.1, -0.05) is 0 Å². The van der Waals surface area contributed by atoms with Crippen LogP contribution in [-0.4, -0.2) is 53.3 Å². The summed E-state index contributed by atoms with van der Waals surface area (Å²) in [4.78, 5) is 26.1. The van der Waals surface area contributed by atoms with E-state index in [9.17, 15) is 4.79 Å². The highest BCUT2D eigenvalue weighted by molar-refractivity contribution is 6.07. The molecule has 5 rings (SSSR count). The maximum absolute atomic E-state index is 13.0. The molecule has 2 aliphatic rings. The van der Waals surface area contributed by atoms with Gasteiger partial charge < -0.3 is 20.1 Å². The average Bonchev–Trinajstić information content (AvgIpc) is 3.33. The van der Waals surface area contributed by atoms with Crippen molar-refractivity contribution in [3.8, 4) is 0 Å². The molecule has 2 amide bonds. The molecular weight excluding hydrogens is 354 g/mol. The molecule has 144 valence electrons. The van der Waals surface area contributed by atoms with Crippen LogP contribution in [0, 0.1) is 0 Å². The fourth-order valence-electron chi connectivity index (χ4n) is 4.13. The highest BCUT2D eigenvalue weighted by atomic mass is 16.2. The molecule has 3 aromatic rings. The van der Waals surface area contributed by atoms with E-state index in [0.717, 1.165) is 55.1 Å². The highest BCUT2D eigenvalue weighted by Gasteiger charge is 2.30. The predicted octanol–water partition coefficient (Wildman–Crippen LogP) is 1.97. The van der Waals surface area contributed by atoms with Gasteiger partial charge in [-0.2, -0.15) is 0 Å². The first-order valence-corrected chi connectivity index (χ1v) is 9.64. The van der Waals surface area contributed by atoms with Crippen molar-refractivity contribution in [2.75, 3.05) is 47.8 Å². The van der Waals surface area contributed by atoms with Gasteiger partial charge in [-0.15, -0.1) is 0 Å². The number of carbonyl (C=O) groups is 1. The minimum absolute atomic E-state index is 0.153. The molecule has 2 N–H and O–H groups in total. The van der Waals surface area contributed by atoms with Gasteiger partial charge in [0, 0.05) is 75.0 Å². The fraction of sp³-hybridized carbons (Fsp3) is 0.350. The summed E-state index contributed by atoms with van der Waals surface area (Å²) in [5, 5.41) is 7.37. The lowest BCUT2D eigenvalue weighted by molar-refractivity contribution is 0.257. The normalized spacial score (nSPS) is 16.5. The van der Waals surface area contributed by atoms with E-state index in [2.05, 4.69) is 31.6 Å². The Labute approximate surface area is 163 Å². The Bertz CT molecular complexity index is 1040. The molecule has 28 heavy (non-hydrogen) atoms. The minimum atomic E-state index is -0.153. The van der Waals surface area contributed by atoms with Crippen LogP contribution in [0.25, 0.3) is 11.0 Å². The Hall–Kier alpha value is -3.13. The van der Waals surface area contributed by atoms with Crippen molar-refractivity contribution in [2.45, 2.75) is 6.42 Å². The van der Waals surface area contributed by atoms with Crippen LogP contribution in [0.4, 0.5) is 22.0 Å². The third-order valence-electron chi connectivity index (χ3n) is 5.56. The molecular formula is C20H23N7O. The van der Waals surface area contributed by atoms with Crippen LogP contribution in [0.2, 0.25) is 0 Å². The predicted molar refractivity (Wildman–Crippen MR) is 110 cm³/mol. The van der Waals surface area contributed by atoms with E-state index >= 15 is 0 Å². The van der Waals surface area contributed by atoms with E-state index in [-0.39, 0.29) is 6.03 Å². The number of hydrogen-bond donors (Lipinski definition) is 2. The molecule has 3 aromatic heterocycles. The van der Waals surface area contributed by atoms with E-state index in [1.54, 1.807) is 11.1 Å². The molecule has 0 spiro atoms. The number of aryl methyl sites for hydroxylation is 1. The standard InChI is InChI=1S/C20H23N7O/c1-25-10-4-14-16(2-6-22-18(14)25)24-20(28)27-11-5-15-17(3-7-23-19(15)27)26-12-8-21-9-13-26/h2-4,6-7,10,21H,5,8-9,11-13H2,1H3,(H,22,24,28). The van der Waals surface area contributed by atoms with Crippen molar-refractivity contribution in [1.29, 1.82) is 0 Å². The Kier molecular flexibility index (Phi) is 4.12. The Morgan fingerprint density at radius 3 is 2.79 bits per heavy atom. The van der Waals surface area contributed by atoms with E-state index in [0.29, 0.717) is 6.54 Å². The maximum Gasteiger partial charge on any atom is 0.327 e. The van der Waals surface area contributed by atoms with Gasteiger partial charge in [-0.3, -0.25) is 4.90 Å². The number of pyridine rings is 2. The first-order valence-electron chi connectivity index (χ1n) is 9.64. The van der Waals surface area contributed by atoms with Gasteiger partial charge >= 0.3 is 6.03 Å². The molecule has 8 nitrogen and oxygen atoms in total. The lowest BCUT2D eigenvalue weighted by Crippen LogP contribution is -2.43. The molecule has 0 radical (unpaired) electrons. The second-order valence-electron chi connectivity index (χ2n) is 7.22. The van der Waals surface area contributed by atoms with E-state index < -0.39 is 0 Å². The summed E-state index contributed by atoms with van der Waals surface area (Å²) in [5.74, 6) is 0.770. The van der Waals surface area contributed by atoms with E-state index in [1.807, 2.05) is 36.1 Å². The van der Waals surface area contributed by atoms with Crippen molar-refractivity contribution in [2.24, 2.45) is 7.05 Å². The number of amides is 2. The summed E-state index contributed by atoms with van der Waals surface area (Å²) in [6.45, 7) is 4.56. The number of urea groups is 1. The van der Waals surface area contributed by atoms with E-state index in [1.165, 1.54) is 11.3 Å². The Morgan fingerprint density at radius 2 is 1.93 bits per heavy atom. The molecule has 0 aromatic carbocycles. The van der Waals surface area contributed by atoms with Crippen molar-refractivity contribution >= 4 is 34.3 Å². The first kappa shape index (κ1) is 17.0. The molecule has 8 heteroatoms. The number of fused-ring (bicyclic) bond motifs is 2. The lowest BCUT2D eigenvalue weighted by Gasteiger charge is -2.31. The first-order chi connectivity index (χ1) is 13.7. The number of nitrogens with zero attached hydrogens (tertiary/aromatic N) is 5. The van der Waals surface area contributed by atoms with Gasteiger partial charge in [0.15, 0.2) is 0 Å². The van der Waals surface area contributed by atoms with Gasteiger partial charge in [-0.05, 0) is 24.6 Å². The van der Waals surface area contributed by atoms with Crippen LogP contribution in [-0.2, 0) is 13.5 Å². The van der Waals surface area contributed by atoms with Crippen molar-refractivity contribution in [3.63, 3.8) is 0 Å². The van der Waals surface area contributed by atoms with Gasteiger partial charge in [-0.25, -0.2) is 14.8 Å². The minimum Gasteiger partial charge on any atom is -0.369 e. The van der Waals surface area contributed by atoms with Crippen molar-refractivity contribution in [3.05, 3.63) is 42.4 Å². The number of anilines is 3. The number of hydrogen-bond acceptors (Lipinski definition) is 5. The van der Waals surface area contributed by atoms with Crippen LogP contribution < -0.4 is 20.4 Å². The summed E-state index contributed by atoms with van der Waals surface area (Å²) in [6, 6.07) is 5.72. The van der Waals surface area contributed by atoms with Crippen molar-refractivity contribution in [1.82, 2.24) is 19.9 Å². The summed E-state index contributed by atoms with van der Waals surface area (Å²) >= 11 is 0. The summed E-state index contributed by atoms with van der Waals surface area (Å²) < 4.78 is 1.94. The molecule has 5 heterocycles. The average molecular weight is 377 g/mol. The van der Waals surface area contributed by atoms with Crippen LogP contribution in [0.3, 0.4) is 0 Å². The maximum atomic E-state index is 13.0. The van der Waals surface area contributed by atoms with E-state index in [4.69, 9.17) is 0 Å². The van der Waals surface area contributed by atoms with Crippen molar-refractivity contribution < 1.29 is 4.79 Å². The largest absolute Gasteiger partial charge is 0.369 e. The second-order valence-corrected chi connectivity index (χ2v) is 7.22. The molecule has 1 saturated heterocycles. The molecule has 2 aliphatic heterocycles. The Morgan fingerprint density at radius 1 is 1.11 bits per heavy atom.